The second kappa shape index (κ2) is 17.2. The first-order chi connectivity index (χ1) is 22.8. The minimum absolute atomic E-state index is 0.0748. The number of benzene rings is 4. The van der Waals surface area contributed by atoms with E-state index in [1.54, 1.807) is 40.0 Å². The van der Waals surface area contributed by atoms with Gasteiger partial charge in [-0.25, -0.2) is 19.2 Å². The highest BCUT2D eigenvalue weighted by atomic mass is 33.1. The molecule has 0 saturated carbocycles. The highest BCUT2D eigenvalue weighted by molar-refractivity contribution is 8.77. The Labute approximate surface area is 278 Å². The zero-order valence-corrected chi connectivity index (χ0v) is 26.4. The van der Waals surface area contributed by atoms with Gasteiger partial charge in [0.2, 0.25) is 0 Å². The van der Waals surface area contributed by atoms with Gasteiger partial charge in [-0.3, -0.25) is 0 Å². The van der Waals surface area contributed by atoms with Crippen molar-refractivity contribution >= 4 is 57.6 Å². The minimum Gasteiger partial charge on any atom is -0.462 e. The van der Waals surface area contributed by atoms with E-state index in [-0.39, 0.29) is 35.0 Å². The van der Waals surface area contributed by atoms with Gasteiger partial charge in [0.05, 0.1) is 23.4 Å². The predicted octanol–water partition coefficient (Wildman–Crippen LogP) is 7.25. The Kier molecular flexibility index (Phi) is 12.5. The van der Waals surface area contributed by atoms with E-state index in [0.717, 1.165) is 23.9 Å². The summed E-state index contributed by atoms with van der Waals surface area (Å²) in [5.74, 6) is -1.71. The van der Waals surface area contributed by atoms with Gasteiger partial charge >= 0.3 is 23.9 Å². The molecule has 0 fully saturated rings. The minimum atomic E-state index is -0.651. The van der Waals surface area contributed by atoms with Crippen molar-refractivity contribution in [3.63, 3.8) is 0 Å². The summed E-state index contributed by atoms with van der Waals surface area (Å²) in [7, 11) is 3.44. The number of rotatable bonds is 11. The van der Waals surface area contributed by atoms with E-state index in [9.17, 15) is 19.2 Å². The molecule has 0 atom stereocenters. The summed E-state index contributed by atoms with van der Waals surface area (Å²) in [6.07, 6.45) is 3.48. The molecule has 12 heteroatoms. The second-order valence-corrected chi connectivity index (χ2v) is 11.3. The summed E-state index contributed by atoms with van der Waals surface area (Å²) in [6.45, 7) is 6.71. The number of esters is 4. The van der Waals surface area contributed by atoms with Crippen LogP contribution in [-0.2, 0) is 20.7 Å². The van der Waals surface area contributed by atoms with Gasteiger partial charge < -0.3 is 29.1 Å². The predicted molar refractivity (Wildman–Crippen MR) is 181 cm³/mol. The second-order valence-electron chi connectivity index (χ2n) is 9.36. The van der Waals surface area contributed by atoms with Crippen LogP contribution < -0.4 is 18.9 Å². The molecular weight excluding hydrogens is 641 g/mol. The monoisotopic (exact) mass is 668 g/mol. The number of para-hydroxylation sites is 1. The molecule has 2 N–H and O–H groups in total. The molecular formula is C35H28N2O8S2. The van der Waals surface area contributed by atoms with Crippen LogP contribution in [0.4, 0.5) is 5.69 Å². The fraction of sp³-hybridized carbons (Fsp3) is 0.0571. The van der Waals surface area contributed by atoms with Crippen molar-refractivity contribution in [1.29, 1.82) is 5.41 Å². The van der Waals surface area contributed by atoms with Crippen LogP contribution in [0.3, 0.4) is 0 Å². The first kappa shape index (κ1) is 34.3. The van der Waals surface area contributed by atoms with Crippen molar-refractivity contribution in [2.45, 2.75) is 11.3 Å². The molecule has 1 heterocycles. The van der Waals surface area contributed by atoms with Crippen molar-refractivity contribution in [2.75, 3.05) is 11.3 Å². The molecule has 0 aromatic heterocycles. The quantitative estimate of drug-likeness (QED) is 0.0417. The topological polar surface area (TPSA) is 141 Å². The van der Waals surface area contributed by atoms with Crippen LogP contribution in [-0.4, -0.2) is 36.7 Å². The lowest BCUT2D eigenvalue weighted by Crippen LogP contribution is -2.11. The Morgan fingerprint density at radius 3 is 1.91 bits per heavy atom. The molecule has 0 aliphatic carbocycles. The smallest absolute Gasteiger partial charge is 0.343 e. The van der Waals surface area contributed by atoms with Crippen molar-refractivity contribution in [1.82, 2.24) is 0 Å². The maximum absolute atomic E-state index is 12.5. The van der Waals surface area contributed by atoms with Gasteiger partial charge in [0.15, 0.2) is 0 Å². The van der Waals surface area contributed by atoms with E-state index in [0.29, 0.717) is 12.0 Å². The largest absolute Gasteiger partial charge is 0.462 e. The summed E-state index contributed by atoms with van der Waals surface area (Å²) < 4.78 is 23.8. The number of hydrogen-bond donors (Lipinski definition) is 2. The van der Waals surface area contributed by atoms with Crippen LogP contribution in [0.25, 0.3) is 0 Å². The van der Waals surface area contributed by atoms with Crippen molar-refractivity contribution < 1.29 is 38.1 Å². The first-order valence-corrected chi connectivity index (χ1v) is 16.0. The van der Waals surface area contributed by atoms with E-state index in [1.165, 1.54) is 59.1 Å². The lowest BCUT2D eigenvalue weighted by atomic mass is 10.1. The first-order valence-electron chi connectivity index (χ1n) is 13.9. The number of carbonyl (C=O) groups is 4. The van der Waals surface area contributed by atoms with Crippen LogP contribution >= 0.6 is 21.8 Å². The Balaban J connectivity index is 0.000000471. The van der Waals surface area contributed by atoms with Gasteiger partial charge in [0, 0.05) is 46.2 Å². The molecule has 0 spiro atoms. The van der Waals surface area contributed by atoms with Gasteiger partial charge in [0.1, 0.15) is 17.2 Å². The third-order valence-electron chi connectivity index (χ3n) is 6.18. The van der Waals surface area contributed by atoms with Gasteiger partial charge in [-0.1, -0.05) is 31.4 Å². The van der Waals surface area contributed by atoms with E-state index in [4.69, 9.17) is 24.4 Å². The fourth-order valence-corrected chi connectivity index (χ4v) is 5.74. The van der Waals surface area contributed by atoms with E-state index >= 15 is 0 Å². The molecule has 1 aliphatic heterocycles. The zero-order valence-electron chi connectivity index (χ0n) is 24.8. The molecule has 4 aromatic rings. The van der Waals surface area contributed by atoms with Gasteiger partial charge in [-0.05, 0) is 89.2 Å². The Bertz CT molecular complexity index is 1770. The molecule has 0 radical (unpaired) electrons. The normalized spacial score (nSPS) is 10.9. The Hall–Kier alpha value is -5.59. The van der Waals surface area contributed by atoms with E-state index < -0.39 is 23.9 Å². The number of nitrogens with one attached hydrogen (secondary N) is 2. The SMILES string of the molecule is C=CC(=O)Oc1ccc(C(=O)OCCc2ccc(OC(=O)c3ccc(OC(=O)C=C)cc3)c(C=N)c2)cc1.c1ccc2c(c1)NSS2. The van der Waals surface area contributed by atoms with Crippen LogP contribution in [0.1, 0.15) is 31.8 Å². The van der Waals surface area contributed by atoms with E-state index in [1.807, 2.05) is 6.07 Å². The molecule has 0 amide bonds. The lowest BCUT2D eigenvalue weighted by Gasteiger charge is -2.10. The highest BCUT2D eigenvalue weighted by Crippen LogP contribution is 2.43. The van der Waals surface area contributed by atoms with Gasteiger partial charge in [-0.15, -0.1) is 0 Å². The lowest BCUT2D eigenvalue weighted by molar-refractivity contribution is -0.129. The third-order valence-corrected chi connectivity index (χ3v) is 8.14. The standard InChI is InChI=1S/C29H23NO8.C6H5NS2/c1-3-26(31)36-23-10-6-20(7-11-23)28(33)35-16-15-19-5-14-25(22(17-19)18-30)38-29(34)21-8-12-24(13-9-21)37-27(32)4-2;1-2-4-6-5(3-1)7-9-8-6/h3-14,17-18,30H,1-2,15-16H2;1-4,7H. The number of hydrogen-bond acceptors (Lipinski definition) is 12. The molecule has 1 aliphatic rings. The average molecular weight is 669 g/mol. The summed E-state index contributed by atoms with van der Waals surface area (Å²) in [4.78, 5) is 48.6. The molecule has 0 bridgehead atoms. The average Bonchev–Trinajstić information content (AvgIpc) is 3.58. The summed E-state index contributed by atoms with van der Waals surface area (Å²) in [6, 6.07) is 24.9. The summed E-state index contributed by atoms with van der Waals surface area (Å²) in [5, 5.41) is 7.68. The highest BCUT2D eigenvalue weighted by Gasteiger charge is 2.14. The zero-order chi connectivity index (χ0) is 33.6. The Morgan fingerprint density at radius 1 is 0.745 bits per heavy atom. The van der Waals surface area contributed by atoms with Crippen molar-refractivity contribution in [3.05, 3.63) is 139 Å². The third kappa shape index (κ3) is 10.2. The Morgan fingerprint density at radius 2 is 1.34 bits per heavy atom. The molecule has 0 unspecified atom stereocenters. The molecule has 238 valence electrons. The molecule has 5 rings (SSSR count). The van der Waals surface area contributed by atoms with E-state index in [2.05, 4.69) is 36.1 Å². The summed E-state index contributed by atoms with van der Waals surface area (Å²) >= 11 is 0. The number of fused-ring (bicyclic) bond motifs is 1. The van der Waals surface area contributed by atoms with Crippen LogP contribution in [0.5, 0.6) is 17.2 Å². The molecule has 10 nitrogen and oxygen atoms in total. The fourth-order valence-electron chi connectivity index (χ4n) is 3.83. The molecule has 4 aromatic carbocycles. The van der Waals surface area contributed by atoms with Crippen molar-refractivity contribution in [3.8, 4) is 17.2 Å². The summed E-state index contributed by atoms with van der Waals surface area (Å²) in [5.41, 5.74) is 2.88. The van der Waals surface area contributed by atoms with Gasteiger partial charge in [-0.2, -0.15) is 0 Å². The van der Waals surface area contributed by atoms with Crippen LogP contribution in [0.15, 0.2) is 121 Å². The van der Waals surface area contributed by atoms with Gasteiger partial charge in [0.25, 0.3) is 0 Å². The van der Waals surface area contributed by atoms with Crippen molar-refractivity contribution in [2.24, 2.45) is 0 Å². The molecule has 0 saturated heterocycles. The van der Waals surface area contributed by atoms with Crippen LogP contribution in [0.2, 0.25) is 0 Å². The maximum atomic E-state index is 12.5. The number of ether oxygens (including phenoxy) is 4. The van der Waals surface area contributed by atoms with Crippen LogP contribution in [0, 0.1) is 5.41 Å². The number of anilines is 1. The number of carbonyl (C=O) groups excluding carboxylic acids is 4. The molecule has 47 heavy (non-hydrogen) atoms. The maximum Gasteiger partial charge on any atom is 0.343 e.